The maximum Gasteiger partial charge on any atom is 0.319 e. The summed E-state index contributed by atoms with van der Waals surface area (Å²) in [4.78, 5) is 23.8. The number of urea groups is 1. The van der Waals surface area contributed by atoms with Gasteiger partial charge < -0.3 is 20.3 Å². The van der Waals surface area contributed by atoms with Crippen LogP contribution in [0, 0.1) is 5.82 Å². The Morgan fingerprint density at radius 2 is 1.95 bits per heavy atom. The SMILES string of the molecule is O=C(NCCO)Nc1cccn(Cc2ccc(F)cc2)c1=O. The average Bonchev–Trinajstić information content (AvgIpc) is 2.51. The van der Waals surface area contributed by atoms with E-state index in [2.05, 4.69) is 10.6 Å². The second-order valence-corrected chi connectivity index (χ2v) is 4.59. The van der Waals surface area contributed by atoms with Crippen LogP contribution in [0.15, 0.2) is 47.4 Å². The fraction of sp³-hybridized carbons (Fsp3) is 0.200. The highest BCUT2D eigenvalue weighted by molar-refractivity contribution is 5.88. The molecule has 0 spiro atoms. The van der Waals surface area contributed by atoms with E-state index in [9.17, 15) is 14.0 Å². The maximum absolute atomic E-state index is 12.9. The van der Waals surface area contributed by atoms with Gasteiger partial charge in [0, 0.05) is 12.7 Å². The molecule has 22 heavy (non-hydrogen) atoms. The second-order valence-electron chi connectivity index (χ2n) is 4.59. The molecule has 0 saturated heterocycles. The summed E-state index contributed by atoms with van der Waals surface area (Å²) in [5.74, 6) is -0.341. The molecule has 116 valence electrons. The van der Waals surface area contributed by atoms with Gasteiger partial charge in [-0.15, -0.1) is 0 Å². The summed E-state index contributed by atoms with van der Waals surface area (Å²) < 4.78 is 14.3. The van der Waals surface area contributed by atoms with Gasteiger partial charge in [0.1, 0.15) is 11.5 Å². The molecule has 0 unspecified atom stereocenters. The van der Waals surface area contributed by atoms with E-state index >= 15 is 0 Å². The number of nitrogens with zero attached hydrogens (tertiary/aromatic N) is 1. The van der Waals surface area contributed by atoms with Crippen LogP contribution in [0.5, 0.6) is 0 Å². The van der Waals surface area contributed by atoms with Crippen molar-refractivity contribution in [3.05, 3.63) is 64.3 Å². The Morgan fingerprint density at radius 3 is 2.64 bits per heavy atom. The monoisotopic (exact) mass is 305 g/mol. The van der Waals surface area contributed by atoms with Gasteiger partial charge in [0.05, 0.1) is 13.2 Å². The van der Waals surface area contributed by atoms with Crippen LogP contribution in [0.1, 0.15) is 5.56 Å². The van der Waals surface area contributed by atoms with E-state index in [0.29, 0.717) is 0 Å². The van der Waals surface area contributed by atoms with E-state index in [0.717, 1.165) is 5.56 Å². The van der Waals surface area contributed by atoms with Gasteiger partial charge in [0.25, 0.3) is 5.56 Å². The van der Waals surface area contributed by atoms with Gasteiger partial charge >= 0.3 is 6.03 Å². The number of amides is 2. The first-order valence-corrected chi connectivity index (χ1v) is 6.70. The van der Waals surface area contributed by atoms with Crippen LogP contribution in [0.3, 0.4) is 0 Å². The summed E-state index contributed by atoms with van der Waals surface area (Å²) in [7, 11) is 0. The predicted octanol–water partition coefficient (Wildman–Crippen LogP) is 1.15. The molecule has 0 atom stereocenters. The molecule has 1 heterocycles. The van der Waals surface area contributed by atoms with E-state index < -0.39 is 6.03 Å². The molecule has 0 aliphatic carbocycles. The zero-order valence-corrected chi connectivity index (χ0v) is 11.8. The lowest BCUT2D eigenvalue weighted by molar-refractivity contribution is 0.244. The molecule has 0 saturated carbocycles. The molecule has 0 fully saturated rings. The number of benzene rings is 1. The zero-order valence-electron chi connectivity index (χ0n) is 11.8. The molecule has 0 bridgehead atoms. The number of nitrogens with one attached hydrogen (secondary N) is 2. The van der Waals surface area contributed by atoms with Gasteiger partial charge in [0.15, 0.2) is 0 Å². The van der Waals surface area contributed by atoms with Crippen molar-refractivity contribution >= 4 is 11.7 Å². The van der Waals surface area contributed by atoms with Crippen molar-refractivity contribution in [2.24, 2.45) is 0 Å². The molecular formula is C15H16FN3O3. The third kappa shape index (κ3) is 4.16. The largest absolute Gasteiger partial charge is 0.395 e. The quantitative estimate of drug-likeness (QED) is 0.775. The molecule has 0 radical (unpaired) electrons. The minimum atomic E-state index is -0.564. The van der Waals surface area contributed by atoms with E-state index in [1.54, 1.807) is 24.4 Å². The van der Waals surface area contributed by atoms with Crippen LogP contribution in [0.2, 0.25) is 0 Å². The standard InChI is InChI=1S/C15H16FN3O3/c16-12-5-3-11(4-6-12)10-19-8-1-2-13(14(19)21)18-15(22)17-7-9-20/h1-6,8,20H,7,9-10H2,(H2,17,18,22). The molecule has 0 aliphatic heterocycles. The summed E-state index contributed by atoms with van der Waals surface area (Å²) in [6, 6.07) is 8.39. The normalized spacial score (nSPS) is 10.3. The van der Waals surface area contributed by atoms with Crippen molar-refractivity contribution in [1.29, 1.82) is 0 Å². The van der Waals surface area contributed by atoms with Crippen molar-refractivity contribution in [2.75, 3.05) is 18.5 Å². The summed E-state index contributed by atoms with van der Waals surface area (Å²) >= 11 is 0. The van der Waals surface area contributed by atoms with Crippen LogP contribution in [-0.4, -0.2) is 28.9 Å². The third-order valence-corrected chi connectivity index (χ3v) is 2.93. The lowest BCUT2D eigenvalue weighted by Gasteiger charge is -2.10. The zero-order chi connectivity index (χ0) is 15.9. The minimum Gasteiger partial charge on any atom is -0.395 e. The van der Waals surface area contributed by atoms with E-state index in [-0.39, 0.29) is 36.8 Å². The molecule has 2 rings (SSSR count). The van der Waals surface area contributed by atoms with Crippen LogP contribution in [-0.2, 0) is 6.54 Å². The highest BCUT2D eigenvalue weighted by atomic mass is 19.1. The van der Waals surface area contributed by atoms with Gasteiger partial charge in [-0.1, -0.05) is 12.1 Å². The average molecular weight is 305 g/mol. The highest BCUT2D eigenvalue weighted by Gasteiger charge is 2.07. The van der Waals surface area contributed by atoms with Crippen molar-refractivity contribution < 1.29 is 14.3 Å². The summed E-state index contributed by atoms with van der Waals surface area (Å²) in [5, 5.41) is 13.4. The Kier molecular flexibility index (Phi) is 5.26. The van der Waals surface area contributed by atoms with Gasteiger partial charge in [0.2, 0.25) is 0 Å². The Bertz CT molecular complexity index is 698. The van der Waals surface area contributed by atoms with Crippen LogP contribution in [0.25, 0.3) is 0 Å². The first-order valence-electron chi connectivity index (χ1n) is 6.70. The molecule has 6 nitrogen and oxygen atoms in total. The molecule has 0 aliphatic rings. The van der Waals surface area contributed by atoms with Crippen molar-refractivity contribution in [3.63, 3.8) is 0 Å². The number of carbonyl (C=O) groups is 1. The number of hydrogen-bond donors (Lipinski definition) is 3. The van der Waals surface area contributed by atoms with Gasteiger partial charge in [-0.2, -0.15) is 0 Å². The fourth-order valence-corrected chi connectivity index (χ4v) is 1.88. The van der Waals surface area contributed by atoms with E-state index in [1.807, 2.05) is 0 Å². The molecule has 1 aromatic heterocycles. The number of rotatable bonds is 5. The van der Waals surface area contributed by atoms with Gasteiger partial charge in [-0.3, -0.25) is 4.79 Å². The second kappa shape index (κ2) is 7.37. The van der Waals surface area contributed by atoms with Crippen LogP contribution >= 0.6 is 0 Å². The van der Waals surface area contributed by atoms with Gasteiger partial charge in [-0.05, 0) is 29.8 Å². The molecule has 3 N–H and O–H groups in total. The molecule has 2 aromatic rings. The first kappa shape index (κ1) is 15.7. The Balaban J connectivity index is 2.13. The summed E-state index contributed by atoms with van der Waals surface area (Å²) in [6.45, 7) is 0.187. The Morgan fingerprint density at radius 1 is 1.23 bits per heavy atom. The Hall–Kier alpha value is -2.67. The Labute approximate surface area is 126 Å². The number of halogens is 1. The highest BCUT2D eigenvalue weighted by Crippen LogP contribution is 2.05. The van der Waals surface area contributed by atoms with Crippen molar-refractivity contribution in [3.8, 4) is 0 Å². The lowest BCUT2D eigenvalue weighted by Crippen LogP contribution is -2.34. The van der Waals surface area contributed by atoms with E-state index in [4.69, 9.17) is 5.11 Å². The topological polar surface area (TPSA) is 83.4 Å². The van der Waals surface area contributed by atoms with E-state index in [1.165, 1.54) is 22.8 Å². The number of aliphatic hydroxyl groups excluding tert-OH is 1. The number of carbonyl (C=O) groups excluding carboxylic acids is 1. The number of aliphatic hydroxyl groups is 1. The smallest absolute Gasteiger partial charge is 0.319 e. The number of anilines is 1. The molecular weight excluding hydrogens is 289 g/mol. The number of aromatic nitrogens is 1. The number of hydrogen-bond acceptors (Lipinski definition) is 3. The summed E-state index contributed by atoms with van der Waals surface area (Å²) in [5.41, 5.74) is 0.524. The minimum absolute atomic E-state index is 0.0996. The maximum atomic E-state index is 12.9. The molecule has 1 aromatic carbocycles. The fourth-order valence-electron chi connectivity index (χ4n) is 1.88. The third-order valence-electron chi connectivity index (χ3n) is 2.93. The summed E-state index contributed by atoms with van der Waals surface area (Å²) in [6.07, 6.45) is 1.59. The molecule has 2 amide bonds. The number of pyridine rings is 1. The van der Waals surface area contributed by atoms with Crippen molar-refractivity contribution in [2.45, 2.75) is 6.54 Å². The lowest BCUT2D eigenvalue weighted by atomic mass is 10.2. The van der Waals surface area contributed by atoms with Crippen LogP contribution in [0.4, 0.5) is 14.9 Å². The molecule has 7 heteroatoms. The van der Waals surface area contributed by atoms with Crippen molar-refractivity contribution in [1.82, 2.24) is 9.88 Å². The van der Waals surface area contributed by atoms with Gasteiger partial charge in [-0.25, -0.2) is 9.18 Å². The predicted molar refractivity (Wildman–Crippen MR) is 80.3 cm³/mol. The first-order chi connectivity index (χ1) is 10.6. The van der Waals surface area contributed by atoms with Crippen LogP contribution < -0.4 is 16.2 Å².